The normalized spacial score (nSPS) is 23.9. The van der Waals surface area contributed by atoms with Crippen molar-refractivity contribution in [2.45, 2.75) is 52.3 Å². The minimum atomic E-state index is -1.01. The topological polar surface area (TPSA) is 78.9 Å². The highest BCUT2D eigenvalue weighted by Gasteiger charge is 2.37. The minimum absolute atomic E-state index is 0.147. The third kappa shape index (κ3) is 3.78. The van der Waals surface area contributed by atoms with Crippen LogP contribution in [0.4, 0.5) is 9.59 Å². The molecule has 2 unspecified atom stereocenters. The Morgan fingerprint density at radius 3 is 2.50 bits per heavy atom. The number of likely N-dealkylation sites (tertiary alicyclic amines) is 1. The van der Waals surface area contributed by atoms with Crippen LogP contribution in [0, 0.1) is 5.92 Å². The Labute approximate surface area is 107 Å². The molecule has 6 nitrogen and oxygen atoms in total. The second-order valence-electron chi connectivity index (χ2n) is 5.52. The van der Waals surface area contributed by atoms with Gasteiger partial charge >= 0.3 is 12.2 Å². The van der Waals surface area contributed by atoms with Gasteiger partial charge in [0.2, 0.25) is 0 Å². The van der Waals surface area contributed by atoms with Gasteiger partial charge in [-0.05, 0) is 39.5 Å². The number of carboxylic acid groups (broad SMARTS) is 1. The highest BCUT2D eigenvalue weighted by molar-refractivity contribution is 5.70. The molecular weight excluding hydrogens is 236 g/mol. The van der Waals surface area contributed by atoms with E-state index < -0.39 is 24.0 Å². The van der Waals surface area contributed by atoms with E-state index in [4.69, 9.17) is 9.84 Å². The Hall–Kier alpha value is -1.46. The van der Waals surface area contributed by atoms with E-state index in [1.54, 1.807) is 20.8 Å². The highest BCUT2D eigenvalue weighted by Crippen LogP contribution is 2.25. The molecule has 0 spiro atoms. The summed E-state index contributed by atoms with van der Waals surface area (Å²) in [5.74, 6) is 0.147. The molecule has 0 radical (unpaired) electrons. The monoisotopic (exact) mass is 258 g/mol. The number of nitrogens with zero attached hydrogens (tertiary/aromatic N) is 1. The third-order valence-corrected chi connectivity index (χ3v) is 2.96. The Bertz CT molecular complexity index is 325. The number of carbonyl (C=O) groups is 2. The molecule has 2 N–H and O–H groups in total. The summed E-state index contributed by atoms with van der Waals surface area (Å²) in [6.45, 7) is 7.75. The van der Waals surface area contributed by atoms with Crippen molar-refractivity contribution in [1.82, 2.24) is 10.2 Å². The van der Waals surface area contributed by atoms with Crippen LogP contribution in [-0.2, 0) is 4.74 Å². The largest absolute Gasteiger partial charge is 0.465 e. The second kappa shape index (κ2) is 5.46. The summed E-state index contributed by atoms with van der Waals surface area (Å²) in [6, 6.07) is 0. The smallest absolute Gasteiger partial charge is 0.409 e. The van der Waals surface area contributed by atoms with Gasteiger partial charge in [-0.25, -0.2) is 9.59 Å². The van der Waals surface area contributed by atoms with E-state index in [9.17, 15) is 9.59 Å². The van der Waals surface area contributed by atoms with Crippen LogP contribution in [0.15, 0.2) is 0 Å². The van der Waals surface area contributed by atoms with Crippen LogP contribution in [0.3, 0.4) is 0 Å². The van der Waals surface area contributed by atoms with E-state index in [1.807, 2.05) is 6.92 Å². The molecule has 6 heteroatoms. The number of nitrogens with one attached hydrogen (secondary N) is 1. The maximum absolute atomic E-state index is 11.7. The van der Waals surface area contributed by atoms with Gasteiger partial charge in [-0.3, -0.25) is 4.90 Å². The molecule has 18 heavy (non-hydrogen) atoms. The van der Waals surface area contributed by atoms with Crippen molar-refractivity contribution in [1.29, 1.82) is 0 Å². The average Bonchev–Trinajstić information content (AvgIpc) is 2.57. The number of rotatable bonds is 2. The third-order valence-electron chi connectivity index (χ3n) is 2.96. The molecule has 1 aliphatic rings. The number of ether oxygens (including phenoxy) is 1. The molecule has 0 aromatic heterocycles. The standard InChI is InChI=1S/C12H22N2O4/c1-5-8-6-7-14(11(16)17)9(8)13-10(15)18-12(2,3)4/h8-9H,5-7H2,1-4H3,(H,13,15)(H,16,17). The quantitative estimate of drug-likeness (QED) is 0.796. The number of carbonyl (C=O) groups excluding carboxylic acids is 1. The summed E-state index contributed by atoms with van der Waals surface area (Å²) >= 11 is 0. The minimum Gasteiger partial charge on any atom is -0.465 e. The molecule has 0 aromatic carbocycles. The summed E-state index contributed by atoms with van der Waals surface area (Å²) in [4.78, 5) is 24.0. The summed E-state index contributed by atoms with van der Waals surface area (Å²) in [6.07, 6.45) is -0.471. The van der Waals surface area contributed by atoms with Gasteiger partial charge in [0.25, 0.3) is 0 Å². The lowest BCUT2D eigenvalue weighted by Gasteiger charge is -2.28. The fourth-order valence-electron chi connectivity index (χ4n) is 2.12. The van der Waals surface area contributed by atoms with Gasteiger partial charge in [-0.1, -0.05) is 6.92 Å². The predicted molar refractivity (Wildman–Crippen MR) is 66.3 cm³/mol. The van der Waals surface area contributed by atoms with Crippen molar-refractivity contribution in [3.63, 3.8) is 0 Å². The summed E-state index contributed by atoms with van der Waals surface area (Å²) in [5, 5.41) is 11.7. The number of hydrogen-bond donors (Lipinski definition) is 2. The van der Waals surface area contributed by atoms with Crippen LogP contribution in [0.5, 0.6) is 0 Å². The van der Waals surface area contributed by atoms with Gasteiger partial charge in [0.15, 0.2) is 0 Å². The van der Waals surface area contributed by atoms with E-state index in [0.29, 0.717) is 6.54 Å². The first-order valence-corrected chi connectivity index (χ1v) is 6.23. The van der Waals surface area contributed by atoms with Crippen molar-refractivity contribution in [3.8, 4) is 0 Å². The van der Waals surface area contributed by atoms with E-state index in [2.05, 4.69) is 5.32 Å². The van der Waals surface area contributed by atoms with Crippen LogP contribution < -0.4 is 5.32 Å². The molecule has 1 aliphatic heterocycles. The molecule has 1 rings (SSSR count). The van der Waals surface area contributed by atoms with Gasteiger partial charge in [0.1, 0.15) is 11.8 Å². The van der Waals surface area contributed by atoms with E-state index in [0.717, 1.165) is 12.8 Å². The molecule has 2 atom stereocenters. The maximum atomic E-state index is 11.7. The fourth-order valence-corrected chi connectivity index (χ4v) is 2.12. The first-order valence-electron chi connectivity index (χ1n) is 6.23. The highest BCUT2D eigenvalue weighted by atomic mass is 16.6. The molecule has 1 saturated heterocycles. The summed E-state index contributed by atoms with van der Waals surface area (Å²) < 4.78 is 5.15. The van der Waals surface area contributed by atoms with E-state index >= 15 is 0 Å². The molecule has 1 fully saturated rings. The molecule has 1 heterocycles. The van der Waals surface area contributed by atoms with Crippen LogP contribution in [0.25, 0.3) is 0 Å². The number of alkyl carbamates (subject to hydrolysis) is 1. The zero-order valence-corrected chi connectivity index (χ0v) is 11.4. The van der Waals surface area contributed by atoms with Crippen LogP contribution in [-0.4, -0.2) is 40.5 Å². The Balaban J connectivity index is 2.66. The maximum Gasteiger partial charge on any atom is 0.409 e. The molecule has 0 aromatic rings. The Morgan fingerprint density at radius 2 is 2.06 bits per heavy atom. The molecule has 0 bridgehead atoms. The lowest BCUT2D eigenvalue weighted by molar-refractivity contribution is 0.0425. The van der Waals surface area contributed by atoms with Gasteiger partial charge in [0, 0.05) is 6.54 Å². The Morgan fingerprint density at radius 1 is 1.44 bits per heavy atom. The van der Waals surface area contributed by atoms with E-state index in [-0.39, 0.29) is 5.92 Å². The summed E-state index contributed by atoms with van der Waals surface area (Å²) in [5.41, 5.74) is -0.585. The van der Waals surface area contributed by atoms with Crippen LogP contribution >= 0.6 is 0 Å². The van der Waals surface area contributed by atoms with Gasteiger partial charge in [-0.15, -0.1) is 0 Å². The van der Waals surface area contributed by atoms with Crippen molar-refractivity contribution in [2.75, 3.05) is 6.54 Å². The number of amides is 2. The average molecular weight is 258 g/mol. The summed E-state index contributed by atoms with van der Waals surface area (Å²) in [7, 11) is 0. The molecule has 2 amide bonds. The van der Waals surface area contributed by atoms with Crippen molar-refractivity contribution >= 4 is 12.2 Å². The van der Waals surface area contributed by atoms with Crippen molar-refractivity contribution in [2.24, 2.45) is 5.92 Å². The predicted octanol–water partition coefficient (Wildman–Crippen LogP) is 2.25. The number of hydrogen-bond acceptors (Lipinski definition) is 3. The Kier molecular flexibility index (Phi) is 4.43. The first-order chi connectivity index (χ1) is 8.24. The first kappa shape index (κ1) is 14.6. The molecular formula is C12H22N2O4. The molecule has 0 aliphatic carbocycles. The zero-order valence-electron chi connectivity index (χ0n) is 11.4. The van der Waals surface area contributed by atoms with Gasteiger partial charge < -0.3 is 15.2 Å². The molecule has 0 saturated carbocycles. The lowest BCUT2D eigenvalue weighted by atomic mass is 10.0. The van der Waals surface area contributed by atoms with E-state index in [1.165, 1.54) is 4.90 Å². The van der Waals surface area contributed by atoms with Gasteiger partial charge in [0.05, 0.1) is 0 Å². The second-order valence-corrected chi connectivity index (χ2v) is 5.52. The van der Waals surface area contributed by atoms with Crippen molar-refractivity contribution < 1.29 is 19.4 Å². The van der Waals surface area contributed by atoms with Gasteiger partial charge in [-0.2, -0.15) is 0 Å². The lowest BCUT2D eigenvalue weighted by Crippen LogP contribution is -2.50. The SMILES string of the molecule is CCC1CCN(C(=O)O)C1NC(=O)OC(C)(C)C. The van der Waals surface area contributed by atoms with Crippen molar-refractivity contribution in [3.05, 3.63) is 0 Å². The van der Waals surface area contributed by atoms with Crippen LogP contribution in [0.1, 0.15) is 40.5 Å². The fraction of sp³-hybridized carbons (Fsp3) is 0.833. The zero-order chi connectivity index (χ0) is 13.9. The molecule has 104 valence electrons. The van der Waals surface area contributed by atoms with Crippen LogP contribution in [0.2, 0.25) is 0 Å².